The lowest BCUT2D eigenvalue weighted by Gasteiger charge is -2.28. The quantitative estimate of drug-likeness (QED) is 0.456. The SMILES string of the molecule is C[Si](C)(C)c1c2ccccc2c([Si](C)(C)C)c2ccccc12. The fraction of sp³-hybridized carbons (Fsp3) is 0.300. The molecule has 0 aliphatic carbocycles. The summed E-state index contributed by atoms with van der Waals surface area (Å²) in [6, 6.07) is 18.2. The first-order valence-corrected chi connectivity index (χ1v) is 15.2. The van der Waals surface area contributed by atoms with Gasteiger partial charge in [-0.3, -0.25) is 0 Å². The monoisotopic (exact) mass is 322 g/mol. The van der Waals surface area contributed by atoms with Crippen molar-refractivity contribution < 1.29 is 0 Å². The second-order valence-corrected chi connectivity index (χ2v) is 18.3. The standard InChI is InChI=1S/C20H26Si2/c1-21(2,3)19-15-11-7-9-13-17(15)20(22(4,5)6)18-14-10-8-12-16(18)19/h7-14H,1-6H3. The maximum Gasteiger partial charge on any atom is 0.0792 e. The number of hydrogen-bond acceptors (Lipinski definition) is 0. The molecule has 0 nitrogen and oxygen atoms in total. The van der Waals surface area contributed by atoms with Crippen molar-refractivity contribution >= 4 is 48.1 Å². The van der Waals surface area contributed by atoms with Gasteiger partial charge in [0.25, 0.3) is 0 Å². The summed E-state index contributed by atoms with van der Waals surface area (Å²) in [5.74, 6) is 0. The Morgan fingerprint density at radius 3 is 0.864 bits per heavy atom. The van der Waals surface area contributed by atoms with Gasteiger partial charge in [-0.2, -0.15) is 0 Å². The van der Waals surface area contributed by atoms with Crippen LogP contribution in [0.3, 0.4) is 0 Å². The molecule has 0 atom stereocenters. The molecule has 2 heteroatoms. The first-order valence-electron chi connectivity index (χ1n) is 8.15. The van der Waals surface area contributed by atoms with E-state index in [4.69, 9.17) is 0 Å². The summed E-state index contributed by atoms with van der Waals surface area (Å²) in [5, 5.41) is 9.24. The van der Waals surface area contributed by atoms with Crippen LogP contribution in [0.15, 0.2) is 48.5 Å². The Balaban J connectivity index is 2.67. The Kier molecular flexibility index (Phi) is 3.57. The van der Waals surface area contributed by atoms with Gasteiger partial charge in [0.15, 0.2) is 0 Å². The van der Waals surface area contributed by atoms with Gasteiger partial charge in [-0.1, -0.05) is 87.8 Å². The Morgan fingerprint density at radius 1 is 0.455 bits per heavy atom. The van der Waals surface area contributed by atoms with Crippen molar-refractivity contribution in [1.82, 2.24) is 0 Å². The van der Waals surface area contributed by atoms with Crippen molar-refractivity contribution in [3.8, 4) is 0 Å². The van der Waals surface area contributed by atoms with Crippen LogP contribution in [-0.2, 0) is 0 Å². The topological polar surface area (TPSA) is 0 Å². The summed E-state index contributed by atoms with van der Waals surface area (Å²) >= 11 is 0. The van der Waals surface area contributed by atoms with Crippen molar-refractivity contribution in [2.24, 2.45) is 0 Å². The molecule has 0 amide bonds. The molecule has 0 aliphatic heterocycles. The van der Waals surface area contributed by atoms with E-state index < -0.39 is 16.1 Å². The van der Waals surface area contributed by atoms with Gasteiger partial charge in [0.1, 0.15) is 0 Å². The summed E-state index contributed by atoms with van der Waals surface area (Å²) in [7, 11) is -2.86. The van der Waals surface area contributed by atoms with E-state index in [0.717, 1.165) is 0 Å². The minimum Gasteiger partial charge on any atom is -0.0656 e. The van der Waals surface area contributed by atoms with E-state index in [0.29, 0.717) is 0 Å². The zero-order chi connectivity index (χ0) is 16.1. The van der Waals surface area contributed by atoms with E-state index in [1.807, 2.05) is 0 Å². The first-order chi connectivity index (χ1) is 10.2. The number of fused-ring (bicyclic) bond motifs is 2. The van der Waals surface area contributed by atoms with E-state index in [1.165, 1.54) is 21.5 Å². The number of hydrogen-bond donors (Lipinski definition) is 0. The molecule has 0 bridgehead atoms. The Labute approximate surface area is 136 Å². The summed E-state index contributed by atoms with van der Waals surface area (Å²) < 4.78 is 0. The Bertz CT molecular complexity index is 720. The molecule has 0 saturated heterocycles. The predicted molar refractivity (Wildman–Crippen MR) is 107 cm³/mol. The number of benzene rings is 3. The summed E-state index contributed by atoms with van der Waals surface area (Å²) in [6.45, 7) is 14.8. The highest BCUT2D eigenvalue weighted by atomic mass is 28.3. The van der Waals surface area contributed by atoms with E-state index in [2.05, 4.69) is 87.8 Å². The molecule has 0 spiro atoms. The van der Waals surface area contributed by atoms with Crippen LogP contribution in [0.5, 0.6) is 0 Å². The average Bonchev–Trinajstić information content (AvgIpc) is 2.41. The third-order valence-electron chi connectivity index (χ3n) is 4.43. The van der Waals surface area contributed by atoms with Crippen LogP contribution >= 0.6 is 0 Å². The van der Waals surface area contributed by atoms with Gasteiger partial charge in [-0.05, 0) is 31.9 Å². The van der Waals surface area contributed by atoms with Crippen LogP contribution in [-0.4, -0.2) is 16.1 Å². The molecule has 0 N–H and O–H groups in total. The smallest absolute Gasteiger partial charge is 0.0656 e. The van der Waals surface area contributed by atoms with Gasteiger partial charge in [0.2, 0.25) is 0 Å². The van der Waals surface area contributed by atoms with E-state index in [-0.39, 0.29) is 0 Å². The lowest BCUT2D eigenvalue weighted by atomic mass is 10.0. The van der Waals surface area contributed by atoms with Gasteiger partial charge in [0, 0.05) is 0 Å². The van der Waals surface area contributed by atoms with Crippen molar-refractivity contribution in [1.29, 1.82) is 0 Å². The second-order valence-electron chi connectivity index (χ2n) is 8.34. The molecule has 3 rings (SSSR count). The molecule has 0 aliphatic rings. The summed E-state index contributed by atoms with van der Waals surface area (Å²) in [5.41, 5.74) is 0. The first kappa shape index (κ1) is 15.5. The van der Waals surface area contributed by atoms with Crippen LogP contribution in [0.25, 0.3) is 21.5 Å². The van der Waals surface area contributed by atoms with Crippen LogP contribution < -0.4 is 10.4 Å². The third-order valence-corrected chi connectivity index (χ3v) is 8.51. The Hall–Kier alpha value is -1.39. The average molecular weight is 323 g/mol. The van der Waals surface area contributed by atoms with Crippen LogP contribution in [0.4, 0.5) is 0 Å². The van der Waals surface area contributed by atoms with Gasteiger partial charge >= 0.3 is 0 Å². The molecular weight excluding hydrogens is 296 g/mol. The van der Waals surface area contributed by atoms with Crippen molar-refractivity contribution in [2.45, 2.75) is 39.3 Å². The summed E-state index contributed by atoms with van der Waals surface area (Å²) in [6.07, 6.45) is 0. The normalized spacial score (nSPS) is 13.0. The maximum absolute atomic E-state index is 2.47. The van der Waals surface area contributed by atoms with E-state index in [9.17, 15) is 0 Å². The molecule has 0 fully saturated rings. The van der Waals surface area contributed by atoms with Gasteiger partial charge in [-0.15, -0.1) is 0 Å². The Morgan fingerprint density at radius 2 is 0.682 bits per heavy atom. The zero-order valence-electron chi connectivity index (χ0n) is 14.6. The van der Waals surface area contributed by atoms with Gasteiger partial charge in [0.05, 0.1) is 16.1 Å². The molecule has 22 heavy (non-hydrogen) atoms. The zero-order valence-corrected chi connectivity index (χ0v) is 16.6. The molecule has 0 radical (unpaired) electrons. The molecule has 3 aromatic carbocycles. The van der Waals surface area contributed by atoms with E-state index in [1.54, 1.807) is 10.4 Å². The van der Waals surface area contributed by atoms with Crippen molar-refractivity contribution in [3.63, 3.8) is 0 Å². The van der Waals surface area contributed by atoms with Gasteiger partial charge < -0.3 is 0 Å². The van der Waals surface area contributed by atoms with Crippen LogP contribution in [0, 0.1) is 0 Å². The lowest BCUT2D eigenvalue weighted by molar-refractivity contribution is 1.71. The van der Waals surface area contributed by atoms with E-state index >= 15 is 0 Å². The molecule has 0 heterocycles. The molecule has 0 aromatic heterocycles. The molecule has 3 aromatic rings. The van der Waals surface area contributed by atoms with Gasteiger partial charge in [-0.25, -0.2) is 0 Å². The molecule has 0 saturated carbocycles. The molecular formula is C20H26Si2. The fourth-order valence-corrected chi connectivity index (χ4v) is 7.85. The maximum atomic E-state index is 2.47. The highest BCUT2D eigenvalue weighted by Crippen LogP contribution is 2.26. The highest BCUT2D eigenvalue weighted by molar-refractivity contribution is 6.95. The minimum absolute atomic E-state index is 1.43. The predicted octanol–water partition coefficient (Wildman–Crippen LogP) is 5.08. The molecule has 0 unspecified atom stereocenters. The summed E-state index contributed by atoms with van der Waals surface area (Å²) in [4.78, 5) is 0. The lowest BCUT2D eigenvalue weighted by Crippen LogP contribution is -2.44. The largest absolute Gasteiger partial charge is 0.0792 e. The second kappa shape index (κ2) is 5.07. The van der Waals surface area contributed by atoms with Crippen molar-refractivity contribution in [2.75, 3.05) is 0 Å². The van der Waals surface area contributed by atoms with Crippen molar-refractivity contribution in [3.05, 3.63) is 48.5 Å². The number of rotatable bonds is 2. The highest BCUT2D eigenvalue weighted by Gasteiger charge is 2.28. The van der Waals surface area contributed by atoms with Crippen LogP contribution in [0.2, 0.25) is 39.3 Å². The fourth-order valence-electron chi connectivity index (χ4n) is 3.74. The third kappa shape index (κ3) is 2.44. The molecule has 114 valence electrons. The minimum atomic E-state index is -1.43. The van der Waals surface area contributed by atoms with Crippen LogP contribution in [0.1, 0.15) is 0 Å².